The fraction of sp³-hybridized carbons (Fsp3) is 0.800. The van der Waals surface area contributed by atoms with Gasteiger partial charge in [-0.05, 0) is 113 Å². The summed E-state index contributed by atoms with van der Waals surface area (Å²) in [4.78, 5) is 0. The molecule has 0 aromatic heterocycles. The smallest absolute Gasteiger partial charge is 0.0618 e. The summed E-state index contributed by atoms with van der Waals surface area (Å²) in [6.45, 7) is 14.8. The van der Waals surface area contributed by atoms with Gasteiger partial charge in [-0.2, -0.15) is 0 Å². The highest BCUT2D eigenvalue weighted by molar-refractivity contribution is 5.36. The minimum atomic E-state index is -0.534. The van der Waals surface area contributed by atoms with Crippen LogP contribution in [-0.2, 0) is 4.74 Å². The lowest BCUT2D eigenvalue weighted by Gasteiger charge is -2.44. The van der Waals surface area contributed by atoms with Crippen molar-refractivity contribution in [1.82, 2.24) is 0 Å². The Labute approximate surface area is 203 Å². The Hall–Kier alpha value is -0.900. The van der Waals surface area contributed by atoms with Gasteiger partial charge in [0.25, 0.3) is 0 Å². The van der Waals surface area contributed by atoms with Gasteiger partial charge in [-0.1, -0.05) is 56.6 Å². The van der Waals surface area contributed by atoms with Crippen LogP contribution in [0.1, 0.15) is 105 Å². The van der Waals surface area contributed by atoms with Crippen molar-refractivity contribution in [3.63, 3.8) is 0 Å². The van der Waals surface area contributed by atoms with Gasteiger partial charge < -0.3 is 15.6 Å². The second kappa shape index (κ2) is 11.7. The van der Waals surface area contributed by atoms with Gasteiger partial charge in [0.05, 0.1) is 11.7 Å². The van der Waals surface area contributed by atoms with Crippen LogP contribution >= 0.6 is 0 Å². The molecule has 0 amide bonds. The van der Waals surface area contributed by atoms with Gasteiger partial charge in [-0.3, -0.25) is 0 Å². The van der Waals surface area contributed by atoms with Crippen LogP contribution in [0.2, 0.25) is 0 Å². The summed E-state index contributed by atoms with van der Waals surface area (Å²) in [6, 6.07) is 0. The predicted octanol–water partition coefficient (Wildman–Crippen LogP) is 7.11. The summed E-state index contributed by atoms with van der Waals surface area (Å²) in [7, 11) is 0. The highest BCUT2D eigenvalue weighted by atomic mass is 16.5. The number of hydrogen-bond acceptors (Lipinski definition) is 3. The monoisotopic (exact) mass is 457 g/mol. The Bertz CT molecular complexity index is 715. The van der Waals surface area contributed by atoms with Crippen LogP contribution in [0.5, 0.6) is 0 Å². The first-order chi connectivity index (χ1) is 15.6. The zero-order valence-corrected chi connectivity index (χ0v) is 22.0. The first kappa shape index (κ1) is 26.7. The molecule has 0 heterocycles. The zero-order chi connectivity index (χ0) is 24.1. The maximum absolute atomic E-state index is 10.1. The molecule has 3 nitrogen and oxygen atoms in total. The SMILES string of the molecule is C=C1CC[C@H](OCCCN)CC1=CC=C1CCC[C@@]2(C)C1CC[C@@H]2[C@H](C)CCCC(C)(C)O. The second-order valence-corrected chi connectivity index (χ2v) is 12.2. The zero-order valence-electron chi connectivity index (χ0n) is 22.0. The van der Waals surface area contributed by atoms with Crippen LogP contribution in [0, 0.1) is 23.2 Å². The third-order valence-electron chi connectivity index (χ3n) is 9.04. The van der Waals surface area contributed by atoms with E-state index in [1.807, 2.05) is 13.8 Å². The number of rotatable bonds is 10. The van der Waals surface area contributed by atoms with Gasteiger partial charge in [0.2, 0.25) is 0 Å². The predicted molar refractivity (Wildman–Crippen MR) is 140 cm³/mol. The normalized spacial score (nSPS) is 34.1. The average Bonchev–Trinajstić information content (AvgIpc) is 3.10. The molecule has 0 radical (unpaired) electrons. The lowest BCUT2D eigenvalue weighted by atomic mass is 9.60. The molecule has 3 saturated carbocycles. The number of fused-ring (bicyclic) bond motifs is 1. The molecular weight excluding hydrogens is 406 g/mol. The molecule has 3 fully saturated rings. The lowest BCUT2D eigenvalue weighted by Crippen LogP contribution is -2.36. The summed E-state index contributed by atoms with van der Waals surface area (Å²) in [5.41, 5.74) is 9.91. The van der Waals surface area contributed by atoms with Crippen molar-refractivity contribution in [2.24, 2.45) is 28.9 Å². The molecule has 0 bridgehead atoms. The Morgan fingerprint density at radius 3 is 2.73 bits per heavy atom. The topological polar surface area (TPSA) is 55.5 Å². The minimum Gasteiger partial charge on any atom is -0.390 e. The molecule has 3 aliphatic carbocycles. The van der Waals surface area contributed by atoms with E-state index in [0.717, 1.165) is 62.9 Å². The largest absolute Gasteiger partial charge is 0.390 e. The fourth-order valence-electron chi connectivity index (χ4n) is 7.13. The summed E-state index contributed by atoms with van der Waals surface area (Å²) in [5.74, 6) is 2.29. The second-order valence-electron chi connectivity index (χ2n) is 12.2. The number of hydrogen-bond donors (Lipinski definition) is 2. The minimum absolute atomic E-state index is 0.323. The Morgan fingerprint density at radius 2 is 2.00 bits per heavy atom. The van der Waals surface area contributed by atoms with Crippen LogP contribution in [0.3, 0.4) is 0 Å². The third-order valence-corrected chi connectivity index (χ3v) is 9.04. The van der Waals surface area contributed by atoms with Crippen LogP contribution < -0.4 is 5.73 Å². The van der Waals surface area contributed by atoms with Crippen LogP contribution in [0.25, 0.3) is 0 Å². The van der Waals surface area contributed by atoms with Gasteiger partial charge in [-0.25, -0.2) is 0 Å². The number of nitrogens with two attached hydrogens (primary N) is 1. The van der Waals surface area contributed by atoms with Gasteiger partial charge in [-0.15, -0.1) is 0 Å². The first-order valence-electron chi connectivity index (χ1n) is 13.8. The van der Waals surface area contributed by atoms with Crippen molar-refractivity contribution in [3.05, 3.63) is 35.5 Å². The Balaban J connectivity index is 1.64. The summed E-state index contributed by atoms with van der Waals surface area (Å²) in [5, 5.41) is 10.1. The van der Waals surface area contributed by atoms with Crippen LogP contribution in [-0.4, -0.2) is 30.0 Å². The van der Waals surface area contributed by atoms with Gasteiger partial charge in [0.15, 0.2) is 0 Å². The van der Waals surface area contributed by atoms with Crippen molar-refractivity contribution >= 4 is 0 Å². The number of allylic oxidation sites excluding steroid dienone is 4. The van der Waals surface area contributed by atoms with Crippen LogP contribution in [0.15, 0.2) is 35.5 Å². The van der Waals surface area contributed by atoms with E-state index in [1.165, 1.54) is 49.7 Å². The molecule has 3 N–H and O–H groups in total. The van der Waals surface area contributed by atoms with Crippen molar-refractivity contribution in [1.29, 1.82) is 0 Å². The summed E-state index contributed by atoms with van der Waals surface area (Å²) in [6.07, 6.45) is 19.2. The fourth-order valence-corrected chi connectivity index (χ4v) is 7.13. The molecule has 5 atom stereocenters. The van der Waals surface area contributed by atoms with E-state index in [9.17, 15) is 5.11 Å². The van der Waals surface area contributed by atoms with E-state index < -0.39 is 5.60 Å². The molecule has 1 unspecified atom stereocenters. The van der Waals surface area contributed by atoms with E-state index in [0.29, 0.717) is 18.1 Å². The highest BCUT2D eigenvalue weighted by Gasteiger charge is 2.50. The molecule has 33 heavy (non-hydrogen) atoms. The van der Waals surface area contributed by atoms with Gasteiger partial charge in [0, 0.05) is 6.61 Å². The molecule has 0 aliphatic heterocycles. The first-order valence-corrected chi connectivity index (χ1v) is 13.8. The molecule has 0 saturated heterocycles. The Kier molecular flexibility index (Phi) is 9.46. The lowest BCUT2D eigenvalue weighted by molar-refractivity contribution is 0.0435. The maximum Gasteiger partial charge on any atom is 0.0618 e. The molecule has 3 heteroatoms. The molecule has 0 aromatic rings. The maximum atomic E-state index is 10.1. The van der Waals surface area contributed by atoms with E-state index in [4.69, 9.17) is 10.5 Å². The third kappa shape index (κ3) is 7.05. The standard InChI is InChI=1S/C30H51NO2/c1-22-11-14-26(33-20-8-19-31)21-25(22)13-12-24-10-7-18-30(5)27(15-16-28(24)30)23(2)9-6-17-29(3,4)32/h12-13,23,26-28,32H,1,6-11,14-21,31H2,2-5H3/t23-,26+,27-,28?,30-/m1/s1. The van der Waals surface area contributed by atoms with Crippen molar-refractivity contribution in [3.8, 4) is 0 Å². The summed E-state index contributed by atoms with van der Waals surface area (Å²) >= 11 is 0. The Morgan fingerprint density at radius 1 is 1.21 bits per heavy atom. The molecule has 0 aromatic carbocycles. The molecule has 3 rings (SSSR count). The van der Waals surface area contributed by atoms with Crippen molar-refractivity contribution < 1.29 is 9.84 Å². The molecule has 0 spiro atoms. The van der Waals surface area contributed by atoms with E-state index in [1.54, 1.807) is 5.57 Å². The van der Waals surface area contributed by atoms with Gasteiger partial charge >= 0.3 is 0 Å². The molecular formula is C30H51NO2. The molecule has 188 valence electrons. The highest BCUT2D eigenvalue weighted by Crippen LogP contribution is 2.60. The van der Waals surface area contributed by atoms with Crippen molar-refractivity contribution in [2.45, 2.75) is 116 Å². The van der Waals surface area contributed by atoms with Crippen LogP contribution in [0.4, 0.5) is 0 Å². The van der Waals surface area contributed by atoms with E-state index in [-0.39, 0.29) is 0 Å². The summed E-state index contributed by atoms with van der Waals surface area (Å²) < 4.78 is 6.07. The number of ether oxygens (including phenoxy) is 1. The van der Waals surface area contributed by atoms with E-state index in [2.05, 4.69) is 32.6 Å². The number of aliphatic hydroxyl groups is 1. The van der Waals surface area contributed by atoms with Crippen molar-refractivity contribution in [2.75, 3.05) is 13.2 Å². The quantitative estimate of drug-likeness (QED) is 0.344. The molecule has 3 aliphatic rings. The van der Waals surface area contributed by atoms with E-state index >= 15 is 0 Å². The van der Waals surface area contributed by atoms with Gasteiger partial charge in [0.1, 0.15) is 0 Å². The average molecular weight is 458 g/mol.